The van der Waals surface area contributed by atoms with E-state index >= 15 is 0 Å². The van der Waals surface area contributed by atoms with Crippen molar-refractivity contribution in [2.24, 2.45) is 11.5 Å². The lowest BCUT2D eigenvalue weighted by Gasteiger charge is -2.22. The van der Waals surface area contributed by atoms with E-state index in [1.54, 1.807) is 26.8 Å². The van der Waals surface area contributed by atoms with Crippen LogP contribution >= 0.6 is 12.2 Å². The lowest BCUT2D eigenvalue weighted by Crippen LogP contribution is -2.45. The van der Waals surface area contributed by atoms with Gasteiger partial charge in [-0.15, -0.1) is 0 Å². The number of carbonyl (C=O) groups excluding carboxylic acids is 1. The minimum absolute atomic E-state index is 0.176. The standard InChI is InChI=1S/C10H15N5OS/c1-5-4-6(7(11)17)14-9(13-5)15-10(2,3)8(12)16/h4H,1-3H3,(H2,11,17)(H2,12,16)(H,13,14,15). The molecule has 0 aliphatic rings. The first-order valence-electron chi connectivity index (χ1n) is 4.96. The van der Waals surface area contributed by atoms with Crippen LogP contribution in [0.3, 0.4) is 0 Å². The van der Waals surface area contributed by atoms with Crippen LogP contribution in [0, 0.1) is 6.92 Å². The van der Waals surface area contributed by atoms with Crippen molar-refractivity contribution >= 4 is 29.1 Å². The fourth-order valence-electron chi connectivity index (χ4n) is 1.09. The van der Waals surface area contributed by atoms with Crippen LogP contribution in [0.25, 0.3) is 0 Å². The van der Waals surface area contributed by atoms with Crippen LogP contribution in [0.2, 0.25) is 0 Å². The first-order valence-corrected chi connectivity index (χ1v) is 5.37. The number of aromatic nitrogens is 2. The molecule has 0 aliphatic heterocycles. The second kappa shape index (κ2) is 4.62. The van der Waals surface area contributed by atoms with Gasteiger partial charge in [-0.05, 0) is 26.8 Å². The van der Waals surface area contributed by atoms with Crippen LogP contribution in [0.1, 0.15) is 25.2 Å². The molecular formula is C10H15N5OS. The number of nitrogens with two attached hydrogens (primary N) is 2. The molecule has 0 saturated heterocycles. The summed E-state index contributed by atoms with van der Waals surface area (Å²) in [6, 6.07) is 1.67. The van der Waals surface area contributed by atoms with Gasteiger partial charge < -0.3 is 16.8 Å². The van der Waals surface area contributed by atoms with Crippen LogP contribution in [0.4, 0.5) is 5.95 Å². The molecule has 17 heavy (non-hydrogen) atoms. The zero-order valence-corrected chi connectivity index (χ0v) is 10.8. The highest BCUT2D eigenvalue weighted by Crippen LogP contribution is 2.12. The summed E-state index contributed by atoms with van der Waals surface area (Å²) in [6.07, 6.45) is 0. The summed E-state index contributed by atoms with van der Waals surface area (Å²) >= 11 is 4.84. The molecule has 0 bridgehead atoms. The van der Waals surface area contributed by atoms with Crippen LogP contribution < -0.4 is 16.8 Å². The number of amides is 1. The molecule has 0 unspecified atom stereocenters. The normalized spacial score (nSPS) is 11.0. The third-order valence-electron chi connectivity index (χ3n) is 2.15. The number of primary amides is 1. The van der Waals surface area contributed by atoms with Gasteiger partial charge in [0, 0.05) is 5.69 Å². The van der Waals surface area contributed by atoms with E-state index in [-0.39, 0.29) is 10.9 Å². The van der Waals surface area contributed by atoms with Gasteiger partial charge in [0.15, 0.2) is 0 Å². The van der Waals surface area contributed by atoms with Crippen molar-refractivity contribution in [3.05, 3.63) is 17.5 Å². The summed E-state index contributed by atoms with van der Waals surface area (Å²) in [5.74, 6) is -0.226. The molecule has 5 N–H and O–H groups in total. The molecule has 0 saturated carbocycles. The number of thiocarbonyl (C=S) groups is 1. The number of rotatable bonds is 4. The molecule has 1 aromatic rings. The molecule has 0 aromatic carbocycles. The zero-order valence-electron chi connectivity index (χ0n) is 9.94. The highest BCUT2D eigenvalue weighted by molar-refractivity contribution is 7.80. The number of nitrogens with one attached hydrogen (secondary N) is 1. The highest BCUT2D eigenvalue weighted by Gasteiger charge is 2.25. The Balaban J connectivity index is 3.07. The monoisotopic (exact) mass is 253 g/mol. The average molecular weight is 253 g/mol. The Kier molecular flexibility index (Phi) is 3.62. The van der Waals surface area contributed by atoms with E-state index in [4.69, 9.17) is 23.7 Å². The highest BCUT2D eigenvalue weighted by atomic mass is 32.1. The van der Waals surface area contributed by atoms with E-state index in [2.05, 4.69) is 15.3 Å². The minimum atomic E-state index is -0.943. The second-order valence-electron chi connectivity index (χ2n) is 4.20. The van der Waals surface area contributed by atoms with Crippen LogP contribution in [0.5, 0.6) is 0 Å². The summed E-state index contributed by atoms with van der Waals surface area (Å²) in [5.41, 5.74) is 11.0. The Hall–Kier alpha value is -1.76. The molecule has 1 rings (SSSR count). The zero-order chi connectivity index (χ0) is 13.2. The van der Waals surface area contributed by atoms with Crippen molar-refractivity contribution in [2.75, 3.05) is 5.32 Å². The molecule has 7 heteroatoms. The maximum Gasteiger partial charge on any atom is 0.242 e. The molecule has 0 spiro atoms. The van der Waals surface area contributed by atoms with Gasteiger partial charge in [-0.3, -0.25) is 4.79 Å². The van der Waals surface area contributed by atoms with Gasteiger partial charge in [-0.2, -0.15) is 0 Å². The van der Waals surface area contributed by atoms with Crippen LogP contribution in [-0.2, 0) is 4.79 Å². The fourth-order valence-corrected chi connectivity index (χ4v) is 1.20. The number of hydrogen-bond acceptors (Lipinski definition) is 5. The largest absolute Gasteiger partial charge is 0.388 e. The maximum atomic E-state index is 11.2. The average Bonchev–Trinajstić information content (AvgIpc) is 2.15. The van der Waals surface area contributed by atoms with Crippen molar-refractivity contribution in [2.45, 2.75) is 26.3 Å². The Labute approximate surface area is 105 Å². The third-order valence-corrected chi connectivity index (χ3v) is 2.36. The van der Waals surface area contributed by atoms with E-state index in [9.17, 15) is 4.79 Å². The predicted molar refractivity (Wildman–Crippen MR) is 69.6 cm³/mol. The van der Waals surface area contributed by atoms with Gasteiger partial charge in [0.2, 0.25) is 11.9 Å². The van der Waals surface area contributed by atoms with Gasteiger partial charge in [-0.1, -0.05) is 12.2 Å². The summed E-state index contributed by atoms with van der Waals surface area (Å²) in [7, 11) is 0. The molecular weight excluding hydrogens is 238 g/mol. The topological polar surface area (TPSA) is 107 Å². The van der Waals surface area contributed by atoms with E-state index in [1.165, 1.54) is 0 Å². The smallest absolute Gasteiger partial charge is 0.242 e. The third kappa shape index (κ3) is 3.35. The number of aryl methyl sites for hydroxylation is 1. The molecule has 1 amide bonds. The number of carbonyl (C=O) groups is 1. The van der Waals surface area contributed by atoms with E-state index < -0.39 is 11.4 Å². The molecule has 0 aliphatic carbocycles. The fraction of sp³-hybridized carbons (Fsp3) is 0.400. The molecule has 6 nitrogen and oxygen atoms in total. The van der Waals surface area contributed by atoms with Gasteiger partial charge >= 0.3 is 0 Å². The SMILES string of the molecule is Cc1cc(C(N)=S)nc(NC(C)(C)C(N)=O)n1. The Morgan fingerprint density at radius 3 is 2.47 bits per heavy atom. The summed E-state index contributed by atoms with van der Waals surface area (Å²) in [6.45, 7) is 5.06. The van der Waals surface area contributed by atoms with Crippen LogP contribution in [-0.4, -0.2) is 26.4 Å². The van der Waals surface area contributed by atoms with E-state index in [1.807, 2.05) is 0 Å². The molecule has 0 atom stereocenters. The number of hydrogen-bond donors (Lipinski definition) is 3. The van der Waals surface area contributed by atoms with Crippen molar-refractivity contribution in [3.8, 4) is 0 Å². The Morgan fingerprint density at radius 2 is 2.00 bits per heavy atom. The Morgan fingerprint density at radius 1 is 1.41 bits per heavy atom. The lowest BCUT2D eigenvalue weighted by molar-refractivity contribution is -0.121. The second-order valence-corrected chi connectivity index (χ2v) is 4.64. The summed E-state index contributed by atoms with van der Waals surface area (Å²) < 4.78 is 0. The maximum absolute atomic E-state index is 11.2. The van der Waals surface area contributed by atoms with Gasteiger partial charge in [0.25, 0.3) is 0 Å². The predicted octanol–water partition coefficient (Wildman–Crippen LogP) is 0.0950. The van der Waals surface area contributed by atoms with Crippen molar-refractivity contribution in [3.63, 3.8) is 0 Å². The lowest BCUT2D eigenvalue weighted by atomic mass is 10.1. The molecule has 0 radical (unpaired) electrons. The van der Waals surface area contributed by atoms with Crippen molar-refractivity contribution < 1.29 is 4.79 Å². The molecule has 1 heterocycles. The van der Waals surface area contributed by atoms with E-state index in [0.29, 0.717) is 11.4 Å². The van der Waals surface area contributed by atoms with Gasteiger partial charge in [0.1, 0.15) is 16.2 Å². The number of anilines is 1. The first kappa shape index (κ1) is 13.3. The first-order chi connectivity index (χ1) is 7.72. The number of nitrogens with zero attached hydrogens (tertiary/aromatic N) is 2. The Bertz CT molecular complexity index is 472. The summed E-state index contributed by atoms with van der Waals surface area (Å²) in [5, 5.41) is 2.84. The molecule has 0 fully saturated rings. The summed E-state index contributed by atoms with van der Waals surface area (Å²) in [4.78, 5) is 19.6. The van der Waals surface area contributed by atoms with Crippen LogP contribution in [0.15, 0.2) is 6.07 Å². The minimum Gasteiger partial charge on any atom is -0.388 e. The molecule has 1 aromatic heterocycles. The van der Waals surface area contributed by atoms with Gasteiger partial charge in [0.05, 0.1) is 0 Å². The quantitative estimate of drug-likeness (QED) is 0.657. The van der Waals surface area contributed by atoms with E-state index in [0.717, 1.165) is 0 Å². The van der Waals surface area contributed by atoms with Crippen molar-refractivity contribution in [1.29, 1.82) is 0 Å². The van der Waals surface area contributed by atoms with Crippen molar-refractivity contribution in [1.82, 2.24) is 9.97 Å². The van der Waals surface area contributed by atoms with Gasteiger partial charge in [-0.25, -0.2) is 9.97 Å². The molecule has 92 valence electrons.